The van der Waals surface area contributed by atoms with Gasteiger partial charge in [-0.25, -0.2) is 4.68 Å². The van der Waals surface area contributed by atoms with Crippen LogP contribution >= 0.6 is 11.8 Å². The van der Waals surface area contributed by atoms with E-state index in [0.29, 0.717) is 23.3 Å². The second-order valence-electron chi connectivity index (χ2n) is 8.33. The first-order chi connectivity index (χ1) is 17.6. The van der Waals surface area contributed by atoms with Crippen LogP contribution in [0.2, 0.25) is 0 Å². The predicted molar refractivity (Wildman–Crippen MR) is 143 cm³/mol. The number of amides is 1. The maximum Gasteiger partial charge on any atom is 0.255 e. The molecule has 3 aromatic carbocycles. The van der Waals surface area contributed by atoms with Gasteiger partial charge in [0.2, 0.25) is 11.1 Å². The maximum absolute atomic E-state index is 13.6. The van der Waals surface area contributed by atoms with Gasteiger partial charge in [-0.1, -0.05) is 72.4 Å². The Kier molecular flexibility index (Phi) is 7.04. The molecule has 1 atom stereocenters. The van der Waals surface area contributed by atoms with Crippen LogP contribution in [0, 0.1) is 0 Å². The van der Waals surface area contributed by atoms with E-state index in [2.05, 4.69) is 22.8 Å². The molecule has 0 saturated heterocycles. The molecular weight excluding hydrogens is 470 g/mol. The van der Waals surface area contributed by atoms with Gasteiger partial charge in [-0.05, 0) is 49.2 Å². The molecule has 2 N–H and O–H groups in total. The number of carbonyl (C=O) groups is 1. The first kappa shape index (κ1) is 23.7. The lowest BCUT2D eigenvalue weighted by atomic mass is 9.95. The van der Waals surface area contributed by atoms with E-state index in [-0.39, 0.29) is 5.91 Å². The summed E-state index contributed by atoms with van der Waals surface area (Å²) in [5, 5.41) is 11.8. The molecule has 8 heteroatoms. The van der Waals surface area contributed by atoms with E-state index >= 15 is 0 Å². The maximum atomic E-state index is 13.6. The summed E-state index contributed by atoms with van der Waals surface area (Å²) in [4.78, 5) is 18.3. The van der Waals surface area contributed by atoms with Gasteiger partial charge in [0.1, 0.15) is 11.8 Å². The lowest BCUT2D eigenvalue weighted by Crippen LogP contribution is -2.31. The van der Waals surface area contributed by atoms with E-state index in [1.807, 2.05) is 86.6 Å². The van der Waals surface area contributed by atoms with Crippen molar-refractivity contribution in [3.05, 3.63) is 107 Å². The van der Waals surface area contributed by atoms with Crippen LogP contribution in [0.3, 0.4) is 0 Å². The van der Waals surface area contributed by atoms with Crippen LogP contribution in [0.25, 0.3) is 0 Å². The van der Waals surface area contributed by atoms with E-state index in [4.69, 9.17) is 14.8 Å². The molecule has 1 amide bonds. The number of para-hydroxylation sites is 1. The Morgan fingerprint density at radius 3 is 2.42 bits per heavy atom. The Balaban J connectivity index is 1.49. The summed E-state index contributed by atoms with van der Waals surface area (Å²) in [6.07, 6.45) is 0. The standard InChI is InChI=1S/C28H27N5O2S/c1-3-35-23-16-14-21(15-17-23)25-24(26(34)30-22-12-8-5-9-13-22)19(2)29-27-31-28(32-33(25)27)36-18-20-10-6-4-7-11-20/h4-17,25H,3,18H2,1-2H3,(H,30,34)(H,29,31,32)/t25-/m0/s1. The molecule has 0 radical (unpaired) electrons. The van der Waals surface area contributed by atoms with E-state index in [1.54, 1.807) is 16.4 Å². The fourth-order valence-electron chi connectivity index (χ4n) is 4.15. The molecule has 36 heavy (non-hydrogen) atoms. The van der Waals surface area contributed by atoms with Crippen molar-refractivity contribution in [2.75, 3.05) is 17.2 Å². The number of aromatic nitrogens is 3. The largest absolute Gasteiger partial charge is 0.494 e. The fourth-order valence-corrected chi connectivity index (χ4v) is 4.93. The topological polar surface area (TPSA) is 81.1 Å². The molecular formula is C28H27N5O2S. The van der Waals surface area contributed by atoms with Crippen LogP contribution in [0.15, 0.2) is 101 Å². The number of ether oxygens (including phenoxy) is 1. The second kappa shape index (κ2) is 10.7. The first-order valence-electron chi connectivity index (χ1n) is 11.8. The summed E-state index contributed by atoms with van der Waals surface area (Å²) in [6.45, 7) is 4.44. The zero-order valence-electron chi connectivity index (χ0n) is 20.1. The van der Waals surface area contributed by atoms with Crippen LogP contribution in [-0.2, 0) is 10.5 Å². The molecule has 1 aliphatic rings. The number of rotatable bonds is 8. The zero-order chi connectivity index (χ0) is 24.9. The van der Waals surface area contributed by atoms with Gasteiger partial charge in [0.15, 0.2) is 0 Å². The number of hydrogen-bond acceptors (Lipinski definition) is 6. The number of hydrogen-bond donors (Lipinski definition) is 2. The summed E-state index contributed by atoms with van der Waals surface area (Å²) in [5.74, 6) is 1.96. The zero-order valence-corrected chi connectivity index (χ0v) is 21.0. The lowest BCUT2D eigenvalue weighted by Gasteiger charge is -2.28. The second-order valence-corrected chi connectivity index (χ2v) is 9.27. The number of thioether (sulfide) groups is 1. The highest BCUT2D eigenvalue weighted by molar-refractivity contribution is 7.98. The quantitative estimate of drug-likeness (QED) is 0.295. The lowest BCUT2D eigenvalue weighted by molar-refractivity contribution is -0.113. The average Bonchev–Trinajstić information content (AvgIpc) is 3.31. The number of fused-ring (bicyclic) bond motifs is 1. The van der Waals surface area contributed by atoms with E-state index in [9.17, 15) is 4.79 Å². The van der Waals surface area contributed by atoms with E-state index in [0.717, 1.165) is 28.5 Å². The molecule has 2 heterocycles. The van der Waals surface area contributed by atoms with Gasteiger partial charge >= 0.3 is 0 Å². The van der Waals surface area contributed by atoms with Crippen LogP contribution in [0.4, 0.5) is 11.6 Å². The normalized spacial score (nSPS) is 14.7. The Morgan fingerprint density at radius 2 is 1.72 bits per heavy atom. The highest BCUT2D eigenvalue weighted by Crippen LogP contribution is 2.37. The monoisotopic (exact) mass is 497 g/mol. The van der Waals surface area contributed by atoms with Gasteiger partial charge in [-0.15, -0.1) is 5.10 Å². The molecule has 0 fully saturated rings. The number of anilines is 2. The number of nitrogens with zero attached hydrogens (tertiary/aromatic N) is 3. The van der Waals surface area contributed by atoms with Crippen molar-refractivity contribution in [1.82, 2.24) is 14.8 Å². The van der Waals surface area contributed by atoms with Crippen LogP contribution in [0.1, 0.15) is 31.0 Å². The third-order valence-corrected chi connectivity index (χ3v) is 6.74. The Bertz CT molecular complexity index is 1370. The van der Waals surface area contributed by atoms with Gasteiger partial charge < -0.3 is 15.4 Å². The van der Waals surface area contributed by atoms with Gasteiger partial charge in [-0.2, -0.15) is 4.98 Å². The van der Waals surface area contributed by atoms with Crippen molar-refractivity contribution in [2.45, 2.75) is 30.8 Å². The molecule has 0 bridgehead atoms. The first-order valence-corrected chi connectivity index (χ1v) is 12.8. The Labute approximate surface area is 214 Å². The molecule has 0 unspecified atom stereocenters. The molecule has 5 rings (SSSR count). The highest BCUT2D eigenvalue weighted by atomic mass is 32.2. The minimum absolute atomic E-state index is 0.190. The van der Waals surface area contributed by atoms with Crippen molar-refractivity contribution >= 4 is 29.3 Å². The van der Waals surface area contributed by atoms with Gasteiger partial charge in [0.05, 0.1) is 12.2 Å². The minimum Gasteiger partial charge on any atom is -0.494 e. The summed E-state index contributed by atoms with van der Waals surface area (Å²) in [7, 11) is 0. The molecule has 182 valence electrons. The van der Waals surface area contributed by atoms with Gasteiger partial charge in [0.25, 0.3) is 5.91 Å². The SMILES string of the molecule is CCOc1ccc([C@H]2C(C(=O)Nc3ccccc3)=C(C)Nc3nc(SCc4ccccc4)nn32)cc1. The van der Waals surface area contributed by atoms with Crippen LogP contribution < -0.4 is 15.4 Å². The van der Waals surface area contributed by atoms with Crippen molar-refractivity contribution in [3.8, 4) is 5.75 Å². The molecule has 0 spiro atoms. The number of nitrogens with one attached hydrogen (secondary N) is 2. The third kappa shape index (κ3) is 5.13. The van der Waals surface area contributed by atoms with Crippen LogP contribution in [0.5, 0.6) is 5.75 Å². The minimum atomic E-state index is -0.445. The van der Waals surface area contributed by atoms with E-state index in [1.165, 1.54) is 5.56 Å². The summed E-state index contributed by atoms with van der Waals surface area (Å²) < 4.78 is 7.43. The van der Waals surface area contributed by atoms with Crippen molar-refractivity contribution < 1.29 is 9.53 Å². The predicted octanol–water partition coefficient (Wildman–Crippen LogP) is 5.90. The Morgan fingerprint density at radius 1 is 1.03 bits per heavy atom. The smallest absolute Gasteiger partial charge is 0.255 e. The van der Waals surface area contributed by atoms with Crippen LogP contribution in [-0.4, -0.2) is 27.3 Å². The molecule has 0 aliphatic carbocycles. The Hall–Kier alpha value is -4.04. The molecule has 1 aliphatic heterocycles. The van der Waals surface area contributed by atoms with Crippen molar-refractivity contribution in [2.24, 2.45) is 0 Å². The highest BCUT2D eigenvalue weighted by Gasteiger charge is 2.34. The molecule has 0 saturated carbocycles. The number of benzene rings is 3. The average molecular weight is 498 g/mol. The number of allylic oxidation sites excluding steroid dienone is 1. The fraction of sp³-hybridized carbons (Fsp3) is 0.179. The summed E-state index contributed by atoms with van der Waals surface area (Å²) >= 11 is 1.56. The number of carbonyl (C=O) groups excluding carboxylic acids is 1. The summed E-state index contributed by atoms with van der Waals surface area (Å²) in [6, 6.07) is 27.0. The summed E-state index contributed by atoms with van der Waals surface area (Å²) in [5.41, 5.74) is 4.17. The molecule has 4 aromatic rings. The molecule has 7 nitrogen and oxygen atoms in total. The van der Waals surface area contributed by atoms with E-state index < -0.39 is 6.04 Å². The van der Waals surface area contributed by atoms with Crippen molar-refractivity contribution in [3.63, 3.8) is 0 Å². The third-order valence-electron chi connectivity index (χ3n) is 5.83. The molecule has 1 aromatic heterocycles. The van der Waals surface area contributed by atoms with Crippen molar-refractivity contribution in [1.29, 1.82) is 0 Å². The van der Waals surface area contributed by atoms with Gasteiger partial charge in [0, 0.05) is 17.1 Å². The van der Waals surface area contributed by atoms with Gasteiger partial charge in [-0.3, -0.25) is 4.79 Å².